The van der Waals surface area contributed by atoms with Crippen LogP contribution in [0.25, 0.3) is 21.7 Å². The lowest BCUT2D eigenvalue weighted by Crippen LogP contribution is -2.16. The van der Waals surface area contributed by atoms with E-state index < -0.39 is 10.8 Å². The fraction of sp³-hybridized carbons (Fsp3) is 0.103. The number of hydrogen-bond donors (Lipinski definition) is 1. The Balaban J connectivity index is 1.28. The Morgan fingerprint density at radius 1 is 1.03 bits per heavy atom. The molecular weight excluding hydrogens is 613 g/mol. The maximum absolute atomic E-state index is 12.5. The van der Waals surface area contributed by atoms with Gasteiger partial charge < -0.3 is 13.9 Å². The van der Waals surface area contributed by atoms with Crippen LogP contribution in [0, 0.1) is 13.7 Å². The summed E-state index contributed by atoms with van der Waals surface area (Å²) in [6.07, 6.45) is 1.49. The van der Waals surface area contributed by atoms with Gasteiger partial charge in [-0.1, -0.05) is 36.4 Å². The minimum absolute atomic E-state index is 0.00956. The van der Waals surface area contributed by atoms with Crippen LogP contribution < -0.4 is 14.9 Å². The molecule has 0 aliphatic rings. The highest BCUT2D eigenvalue weighted by atomic mass is 127. The van der Waals surface area contributed by atoms with Crippen molar-refractivity contribution < 1.29 is 23.6 Å². The summed E-state index contributed by atoms with van der Waals surface area (Å²) in [5.74, 6) is 0.602. The second kappa shape index (κ2) is 11.5. The number of ether oxygens (including phenoxy) is 2. The largest absolute Gasteiger partial charge is 0.490 e. The molecule has 0 aliphatic heterocycles. The van der Waals surface area contributed by atoms with E-state index in [1.54, 1.807) is 6.07 Å². The molecule has 1 aromatic heterocycles. The van der Waals surface area contributed by atoms with E-state index in [1.807, 2.05) is 31.2 Å². The molecule has 0 unspecified atom stereocenters. The summed E-state index contributed by atoms with van der Waals surface area (Å²) in [5.41, 5.74) is 4.44. The van der Waals surface area contributed by atoms with Crippen LogP contribution in [0.2, 0.25) is 0 Å². The number of nitro benzene ring substituents is 1. The van der Waals surface area contributed by atoms with Gasteiger partial charge in [0.05, 0.1) is 21.3 Å². The molecule has 10 heteroatoms. The number of amides is 1. The number of benzene rings is 4. The van der Waals surface area contributed by atoms with Crippen LogP contribution in [0.3, 0.4) is 0 Å². The molecular formula is C29H22IN3O6. The van der Waals surface area contributed by atoms with Gasteiger partial charge >= 0.3 is 5.91 Å². The average molecular weight is 635 g/mol. The molecule has 1 amide bonds. The van der Waals surface area contributed by atoms with E-state index in [0.29, 0.717) is 41.2 Å². The minimum Gasteiger partial charge on any atom is -0.490 e. The number of non-ortho nitro benzene ring substituents is 1. The van der Waals surface area contributed by atoms with Gasteiger partial charge in [0.25, 0.3) is 5.69 Å². The molecule has 0 aliphatic carbocycles. The van der Waals surface area contributed by atoms with E-state index in [9.17, 15) is 14.9 Å². The Labute approximate surface area is 236 Å². The number of hydrogen-bond acceptors (Lipinski definition) is 7. The normalized spacial score (nSPS) is 11.2. The molecule has 1 N–H and O–H groups in total. The molecule has 0 saturated carbocycles. The van der Waals surface area contributed by atoms with Crippen molar-refractivity contribution in [3.63, 3.8) is 0 Å². The number of carbonyl (C=O) groups is 1. The zero-order chi connectivity index (χ0) is 27.4. The molecule has 0 atom stereocenters. The number of furan rings is 1. The van der Waals surface area contributed by atoms with E-state index in [1.165, 1.54) is 35.9 Å². The van der Waals surface area contributed by atoms with Crippen molar-refractivity contribution in [1.29, 1.82) is 0 Å². The second-order valence-corrected chi connectivity index (χ2v) is 9.68. The van der Waals surface area contributed by atoms with Gasteiger partial charge in [0.15, 0.2) is 17.3 Å². The summed E-state index contributed by atoms with van der Waals surface area (Å²) in [6, 6.07) is 23.6. The van der Waals surface area contributed by atoms with E-state index in [4.69, 9.17) is 13.9 Å². The van der Waals surface area contributed by atoms with Gasteiger partial charge in [-0.05, 0) is 81.7 Å². The Kier molecular flexibility index (Phi) is 7.73. The van der Waals surface area contributed by atoms with E-state index in [0.717, 1.165) is 14.5 Å². The van der Waals surface area contributed by atoms with Gasteiger partial charge in [0, 0.05) is 17.5 Å². The van der Waals surface area contributed by atoms with Crippen molar-refractivity contribution >= 4 is 62.1 Å². The number of fused-ring (bicyclic) bond motifs is 2. The van der Waals surface area contributed by atoms with Crippen molar-refractivity contribution in [3.8, 4) is 11.5 Å². The molecule has 5 rings (SSSR count). The Bertz CT molecular complexity index is 1730. The Morgan fingerprint density at radius 2 is 1.85 bits per heavy atom. The third-order valence-corrected chi connectivity index (χ3v) is 6.64. The van der Waals surface area contributed by atoms with Gasteiger partial charge in [-0.2, -0.15) is 5.10 Å². The second-order valence-electron chi connectivity index (χ2n) is 8.52. The summed E-state index contributed by atoms with van der Waals surface area (Å²) in [6.45, 7) is 2.72. The van der Waals surface area contributed by atoms with Crippen LogP contribution in [0.5, 0.6) is 11.5 Å². The molecule has 0 saturated heterocycles. The monoisotopic (exact) mass is 635 g/mol. The summed E-state index contributed by atoms with van der Waals surface area (Å²) >= 11 is 2.18. The van der Waals surface area contributed by atoms with Crippen molar-refractivity contribution in [3.05, 3.63) is 109 Å². The molecule has 1 heterocycles. The fourth-order valence-corrected chi connectivity index (χ4v) is 4.81. The summed E-state index contributed by atoms with van der Waals surface area (Å²) in [4.78, 5) is 23.0. The van der Waals surface area contributed by atoms with Crippen LogP contribution in [0.4, 0.5) is 5.69 Å². The predicted octanol–water partition coefficient (Wildman–Crippen LogP) is 6.84. The first-order valence-electron chi connectivity index (χ1n) is 12.0. The molecule has 0 spiro atoms. The third-order valence-electron chi connectivity index (χ3n) is 5.84. The zero-order valence-electron chi connectivity index (χ0n) is 20.7. The van der Waals surface area contributed by atoms with E-state index >= 15 is 0 Å². The molecule has 5 aromatic rings. The summed E-state index contributed by atoms with van der Waals surface area (Å²) < 4.78 is 18.3. The molecule has 4 aromatic carbocycles. The number of hydrazone groups is 1. The minimum atomic E-state index is -0.583. The van der Waals surface area contributed by atoms with Crippen LogP contribution in [0.1, 0.15) is 28.6 Å². The molecule has 9 nitrogen and oxygen atoms in total. The average Bonchev–Trinajstić information content (AvgIpc) is 3.36. The van der Waals surface area contributed by atoms with Gasteiger partial charge in [0.2, 0.25) is 0 Å². The molecule has 39 heavy (non-hydrogen) atoms. The molecule has 0 bridgehead atoms. The molecule has 196 valence electrons. The van der Waals surface area contributed by atoms with Crippen molar-refractivity contribution in [2.24, 2.45) is 5.10 Å². The number of carbonyl (C=O) groups excluding carboxylic acids is 1. The van der Waals surface area contributed by atoms with Crippen LogP contribution in [0.15, 0.2) is 88.4 Å². The third kappa shape index (κ3) is 6.01. The van der Waals surface area contributed by atoms with Gasteiger partial charge in [-0.25, -0.2) is 5.43 Å². The van der Waals surface area contributed by atoms with Gasteiger partial charge in [0.1, 0.15) is 12.2 Å². The quantitative estimate of drug-likeness (QED) is 0.0821. The number of halogens is 1. The number of rotatable bonds is 9. The SMILES string of the molecule is CCOc1cc(/C=N\NC(=O)c2cc3cc([N+](=O)[O-])ccc3o2)cc(I)c1OCc1ccc2ccccc2c1. The molecule has 0 radical (unpaired) electrons. The Hall–Kier alpha value is -4.45. The zero-order valence-corrected chi connectivity index (χ0v) is 22.9. The maximum Gasteiger partial charge on any atom is 0.307 e. The highest BCUT2D eigenvalue weighted by molar-refractivity contribution is 14.1. The number of nitro groups is 1. The fourth-order valence-electron chi connectivity index (χ4n) is 4.03. The van der Waals surface area contributed by atoms with Crippen LogP contribution >= 0.6 is 22.6 Å². The maximum atomic E-state index is 12.5. The Morgan fingerprint density at radius 3 is 2.64 bits per heavy atom. The van der Waals surface area contributed by atoms with Gasteiger partial charge in [-0.15, -0.1) is 0 Å². The lowest BCUT2D eigenvalue weighted by Gasteiger charge is -2.15. The van der Waals surface area contributed by atoms with Gasteiger partial charge in [-0.3, -0.25) is 14.9 Å². The van der Waals surface area contributed by atoms with Crippen molar-refractivity contribution in [1.82, 2.24) is 5.43 Å². The van der Waals surface area contributed by atoms with Crippen LogP contribution in [-0.2, 0) is 6.61 Å². The molecule has 0 fully saturated rings. The van der Waals surface area contributed by atoms with E-state index in [2.05, 4.69) is 57.4 Å². The van der Waals surface area contributed by atoms with E-state index in [-0.39, 0.29) is 11.4 Å². The highest BCUT2D eigenvalue weighted by Gasteiger charge is 2.15. The summed E-state index contributed by atoms with van der Waals surface area (Å²) in [5, 5.41) is 17.8. The topological polar surface area (TPSA) is 116 Å². The smallest absolute Gasteiger partial charge is 0.307 e. The first-order chi connectivity index (χ1) is 18.9. The number of nitrogens with zero attached hydrogens (tertiary/aromatic N) is 2. The standard InChI is InChI=1S/C29H22IN3O6/c1-2-37-26-13-19(12-24(30)28(26)38-17-18-7-8-20-5-3-4-6-21(20)11-18)16-31-32-29(34)27-15-22-14-23(33(35)36)9-10-25(22)39-27/h3-16H,2,17H2,1H3,(H,32,34)/b31-16-. The van der Waals surface area contributed by atoms with Crippen LogP contribution in [-0.4, -0.2) is 23.7 Å². The first-order valence-corrected chi connectivity index (χ1v) is 13.1. The van der Waals surface area contributed by atoms with Crippen molar-refractivity contribution in [2.75, 3.05) is 6.61 Å². The predicted molar refractivity (Wildman–Crippen MR) is 157 cm³/mol. The lowest BCUT2D eigenvalue weighted by atomic mass is 10.1. The highest BCUT2D eigenvalue weighted by Crippen LogP contribution is 2.35. The number of nitrogens with one attached hydrogen (secondary N) is 1. The lowest BCUT2D eigenvalue weighted by molar-refractivity contribution is -0.384. The first kappa shape index (κ1) is 26.2. The summed E-state index contributed by atoms with van der Waals surface area (Å²) in [7, 11) is 0. The van der Waals surface area contributed by atoms with Crippen molar-refractivity contribution in [2.45, 2.75) is 13.5 Å².